The predicted octanol–water partition coefficient (Wildman–Crippen LogP) is 4.92. The van der Waals surface area contributed by atoms with Crippen molar-refractivity contribution in [2.75, 3.05) is 0 Å². The quantitative estimate of drug-likeness (QED) is 0.466. The first kappa shape index (κ1) is 17.8. The molecule has 0 bridgehead atoms. The number of aromatic nitrogens is 4. The number of nitrogens with zero attached hydrogens (tertiary/aromatic N) is 3. The van der Waals surface area contributed by atoms with E-state index in [9.17, 15) is 4.79 Å². The van der Waals surface area contributed by atoms with Crippen molar-refractivity contribution < 1.29 is 0 Å². The summed E-state index contributed by atoms with van der Waals surface area (Å²) in [5.74, 6) is 1.64. The zero-order valence-corrected chi connectivity index (χ0v) is 17.1. The van der Waals surface area contributed by atoms with E-state index in [2.05, 4.69) is 22.5 Å². The smallest absolute Gasteiger partial charge is 0.260 e. The topological polar surface area (TPSA) is 63.6 Å². The molecule has 0 saturated carbocycles. The number of hydrogen-bond donors (Lipinski definition) is 1. The summed E-state index contributed by atoms with van der Waals surface area (Å²) in [4.78, 5) is 27.5. The lowest BCUT2D eigenvalue weighted by atomic mass is 10.0. The molecule has 0 aliphatic rings. The molecule has 0 spiro atoms. The van der Waals surface area contributed by atoms with E-state index >= 15 is 0 Å². The van der Waals surface area contributed by atoms with Crippen molar-refractivity contribution in [3.05, 3.63) is 81.5 Å². The van der Waals surface area contributed by atoms with E-state index in [1.165, 1.54) is 0 Å². The van der Waals surface area contributed by atoms with E-state index in [1.807, 2.05) is 55.5 Å². The Bertz CT molecular complexity index is 1400. The molecule has 29 heavy (non-hydrogen) atoms. The number of para-hydroxylation sites is 2. The molecular formula is C23H20N4OS. The average Bonchev–Trinajstić information content (AvgIpc) is 3.26. The SMILES string of the molecule is CCc1nc2ccccc2n1Cc1nc2sc(C)c(-c3ccccc3)c2c(=O)[nH]1. The van der Waals surface area contributed by atoms with Gasteiger partial charge in [-0.2, -0.15) is 0 Å². The van der Waals surface area contributed by atoms with Gasteiger partial charge in [0.15, 0.2) is 0 Å². The maximum Gasteiger partial charge on any atom is 0.260 e. The van der Waals surface area contributed by atoms with Crippen molar-refractivity contribution >= 4 is 32.6 Å². The highest BCUT2D eigenvalue weighted by Gasteiger charge is 2.17. The average molecular weight is 401 g/mol. The summed E-state index contributed by atoms with van der Waals surface area (Å²) in [6, 6.07) is 18.1. The van der Waals surface area contributed by atoms with Gasteiger partial charge in [0.05, 0.1) is 23.0 Å². The third-order valence-electron chi connectivity index (χ3n) is 5.21. The van der Waals surface area contributed by atoms with Crippen LogP contribution in [0.3, 0.4) is 0 Å². The van der Waals surface area contributed by atoms with Gasteiger partial charge in [0.1, 0.15) is 16.5 Å². The molecule has 1 N–H and O–H groups in total. The molecule has 0 amide bonds. The number of rotatable bonds is 4. The van der Waals surface area contributed by atoms with Gasteiger partial charge < -0.3 is 9.55 Å². The summed E-state index contributed by atoms with van der Waals surface area (Å²) in [7, 11) is 0. The molecule has 0 aliphatic carbocycles. The zero-order valence-electron chi connectivity index (χ0n) is 16.3. The Hall–Kier alpha value is -3.25. The monoisotopic (exact) mass is 400 g/mol. The van der Waals surface area contributed by atoms with Crippen molar-refractivity contribution in [1.29, 1.82) is 0 Å². The van der Waals surface area contributed by atoms with Gasteiger partial charge in [-0.1, -0.05) is 49.4 Å². The molecule has 0 unspecified atom stereocenters. The molecule has 0 fully saturated rings. The molecule has 5 nitrogen and oxygen atoms in total. The first-order valence-corrected chi connectivity index (χ1v) is 10.5. The summed E-state index contributed by atoms with van der Waals surface area (Å²) in [5.41, 5.74) is 3.96. The number of aryl methyl sites for hydroxylation is 2. The first-order valence-electron chi connectivity index (χ1n) is 9.67. The van der Waals surface area contributed by atoms with E-state index in [0.717, 1.165) is 44.1 Å². The largest absolute Gasteiger partial charge is 0.320 e. The summed E-state index contributed by atoms with van der Waals surface area (Å²) in [6.07, 6.45) is 0.817. The standard InChI is InChI=1S/C23H20N4OS/c1-3-19-24-16-11-7-8-12-17(16)27(19)13-18-25-22(28)21-20(14(2)29-23(21)26-18)15-9-5-4-6-10-15/h4-12H,3,13H2,1-2H3,(H,25,26,28). The van der Waals surface area contributed by atoms with E-state index in [1.54, 1.807) is 11.3 Å². The van der Waals surface area contributed by atoms with E-state index in [-0.39, 0.29) is 5.56 Å². The van der Waals surface area contributed by atoms with Gasteiger partial charge in [0.25, 0.3) is 5.56 Å². The van der Waals surface area contributed by atoms with Gasteiger partial charge in [-0.3, -0.25) is 4.79 Å². The normalized spacial score (nSPS) is 11.5. The zero-order chi connectivity index (χ0) is 20.0. The fourth-order valence-corrected chi connectivity index (χ4v) is 4.98. The third kappa shape index (κ3) is 2.96. The highest BCUT2D eigenvalue weighted by Crippen LogP contribution is 2.35. The maximum absolute atomic E-state index is 13.0. The van der Waals surface area contributed by atoms with E-state index < -0.39 is 0 Å². The minimum atomic E-state index is -0.0873. The lowest BCUT2D eigenvalue weighted by Gasteiger charge is -2.08. The minimum Gasteiger partial charge on any atom is -0.320 e. The summed E-state index contributed by atoms with van der Waals surface area (Å²) in [6.45, 7) is 4.63. The van der Waals surface area contributed by atoms with Gasteiger partial charge in [-0.05, 0) is 24.6 Å². The number of hydrogen-bond acceptors (Lipinski definition) is 4. The van der Waals surface area contributed by atoms with Crippen LogP contribution in [0.2, 0.25) is 0 Å². The Morgan fingerprint density at radius 1 is 1.03 bits per heavy atom. The molecule has 0 aliphatic heterocycles. The van der Waals surface area contributed by atoms with Crippen LogP contribution < -0.4 is 5.56 Å². The van der Waals surface area contributed by atoms with E-state index in [0.29, 0.717) is 17.8 Å². The molecule has 6 heteroatoms. The number of benzene rings is 2. The van der Waals surface area contributed by atoms with Gasteiger partial charge >= 0.3 is 0 Å². The van der Waals surface area contributed by atoms with Crippen molar-refractivity contribution in [2.45, 2.75) is 26.8 Å². The summed E-state index contributed by atoms with van der Waals surface area (Å²) >= 11 is 1.57. The number of fused-ring (bicyclic) bond motifs is 2. The van der Waals surface area contributed by atoms with Gasteiger partial charge in [0.2, 0.25) is 0 Å². The fourth-order valence-electron chi connectivity index (χ4n) is 3.91. The molecule has 144 valence electrons. The number of nitrogens with one attached hydrogen (secondary N) is 1. The van der Waals surface area contributed by atoms with Crippen LogP contribution in [-0.2, 0) is 13.0 Å². The first-order chi connectivity index (χ1) is 14.2. The molecule has 0 saturated heterocycles. The highest BCUT2D eigenvalue weighted by molar-refractivity contribution is 7.19. The lowest BCUT2D eigenvalue weighted by molar-refractivity contribution is 0.716. The fraction of sp³-hybridized carbons (Fsp3) is 0.174. The second-order valence-corrected chi connectivity index (χ2v) is 8.25. The highest BCUT2D eigenvalue weighted by atomic mass is 32.1. The van der Waals surface area contributed by atoms with Crippen LogP contribution in [0.4, 0.5) is 0 Å². The molecule has 3 aromatic heterocycles. The van der Waals surface area contributed by atoms with Crippen molar-refractivity contribution in [1.82, 2.24) is 19.5 Å². The van der Waals surface area contributed by atoms with Gasteiger partial charge in [-0.25, -0.2) is 9.97 Å². The number of H-pyrrole nitrogens is 1. The number of thiophene rings is 1. The third-order valence-corrected chi connectivity index (χ3v) is 6.21. The van der Waals surface area contributed by atoms with Crippen LogP contribution in [0.5, 0.6) is 0 Å². The Morgan fingerprint density at radius 2 is 1.79 bits per heavy atom. The number of imidazole rings is 1. The Morgan fingerprint density at radius 3 is 2.59 bits per heavy atom. The molecule has 0 atom stereocenters. The number of aromatic amines is 1. The Balaban J connectivity index is 1.65. The van der Waals surface area contributed by atoms with Crippen LogP contribution in [0.1, 0.15) is 23.4 Å². The van der Waals surface area contributed by atoms with Crippen LogP contribution in [0, 0.1) is 6.92 Å². The van der Waals surface area contributed by atoms with Crippen LogP contribution in [0.25, 0.3) is 32.4 Å². The molecule has 3 heterocycles. The summed E-state index contributed by atoms with van der Waals surface area (Å²) in [5, 5.41) is 0.675. The van der Waals surface area contributed by atoms with Crippen LogP contribution >= 0.6 is 11.3 Å². The lowest BCUT2D eigenvalue weighted by Crippen LogP contribution is -2.15. The maximum atomic E-state index is 13.0. The second kappa shape index (κ2) is 6.97. The van der Waals surface area contributed by atoms with Crippen molar-refractivity contribution in [2.24, 2.45) is 0 Å². The molecule has 0 radical (unpaired) electrons. The van der Waals surface area contributed by atoms with Crippen molar-refractivity contribution in [3.8, 4) is 11.1 Å². The minimum absolute atomic E-state index is 0.0873. The molecular weight excluding hydrogens is 380 g/mol. The summed E-state index contributed by atoms with van der Waals surface area (Å²) < 4.78 is 2.14. The molecule has 2 aromatic carbocycles. The van der Waals surface area contributed by atoms with Crippen LogP contribution in [-0.4, -0.2) is 19.5 Å². The predicted molar refractivity (Wildman–Crippen MR) is 119 cm³/mol. The van der Waals surface area contributed by atoms with E-state index in [4.69, 9.17) is 9.97 Å². The Kier molecular flexibility index (Phi) is 4.28. The van der Waals surface area contributed by atoms with Crippen LogP contribution in [0.15, 0.2) is 59.4 Å². The van der Waals surface area contributed by atoms with Crippen molar-refractivity contribution in [3.63, 3.8) is 0 Å². The molecule has 5 rings (SSSR count). The van der Waals surface area contributed by atoms with Gasteiger partial charge in [0, 0.05) is 16.9 Å². The second-order valence-electron chi connectivity index (χ2n) is 7.05. The Labute approximate surface area is 171 Å². The van der Waals surface area contributed by atoms with Gasteiger partial charge in [-0.15, -0.1) is 11.3 Å². The molecule has 5 aromatic rings.